The van der Waals surface area contributed by atoms with Crippen molar-refractivity contribution < 1.29 is 13.2 Å². The second-order valence-corrected chi connectivity index (χ2v) is 11.3. The number of hydrazone groups is 1. The third-order valence-electron chi connectivity index (χ3n) is 5.18. The number of anilines is 2. The van der Waals surface area contributed by atoms with Gasteiger partial charge in [0.05, 0.1) is 22.5 Å². The van der Waals surface area contributed by atoms with E-state index in [4.69, 9.17) is 11.6 Å². The van der Waals surface area contributed by atoms with Crippen molar-refractivity contribution >= 4 is 61.1 Å². The van der Waals surface area contributed by atoms with E-state index in [1.165, 1.54) is 18.3 Å². The van der Waals surface area contributed by atoms with Crippen LogP contribution in [0, 0.1) is 13.8 Å². The molecule has 0 fully saturated rings. The Kier molecular flexibility index (Phi) is 8.58. The van der Waals surface area contributed by atoms with Crippen LogP contribution in [0.25, 0.3) is 0 Å². The molecule has 0 saturated heterocycles. The first-order valence-corrected chi connectivity index (χ1v) is 13.2. The number of nitrogens with zero attached hydrogens (tertiary/aromatic N) is 3. The molecule has 184 valence electrons. The van der Waals surface area contributed by atoms with Crippen molar-refractivity contribution in [2.45, 2.75) is 18.7 Å². The van der Waals surface area contributed by atoms with E-state index in [1.54, 1.807) is 37.3 Å². The normalized spacial score (nSPS) is 11.5. The largest absolute Gasteiger partial charge is 0.377 e. The maximum atomic E-state index is 13.5. The third kappa shape index (κ3) is 6.62. The van der Waals surface area contributed by atoms with Gasteiger partial charge in [-0.2, -0.15) is 5.10 Å². The molecule has 0 radical (unpaired) electrons. The molecule has 7 nitrogen and oxygen atoms in total. The summed E-state index contributed by atoms with van der Waals surface area (Å²) < 4.78 is 29.0. The van der Waals surface area contributed by atoms with Crippen molar-refractivity contribution in [3.8, 4) is 0 Å². The minimum absolute atomic E-state index is 0.0829. The van der Waals surface area contributed by atoms with Crippen LogP contribution < -0.4 is 14.6 Å². The number of rotatable bonds is 8. The molecule has 35 heavy (non-hydrogen) atoms. The Balaban J connectivity index is 1.85. The molecule has 0 unspecified atom stereocenters. The third-order valence-corrected chi connectivity index (χ3v) is 7.82. The lowest BCUT2D eigenvalue weighted by molar-refractivity contribution is -0.119. The lowest BCUT2D eigenvalue weighted by atomic mass is 10.2. The summed E-state index contributed by atoms with van der Waals surface area (Å²) in [6.07, 6.45) is 1.49. The zero-order valence-electron chi connectivity index (χ0n) is 19.8. The monoisotopic (exact) mass is 576 g/mol. The zero-order chi connectivity index (χ0) is 25.8. The van der Waals surface area contributed by atoms with E-state index in [0.29, 0.717) is 16.3 Å². The molecular weight excluding hydrogens is 552 g/mol. The summed E-state index contributed by atoms with van der Waals surface area (Å²) in [5.41, 5.74) is 6.10. The highest BCUT2D eigenvalue weighted by Gasteiger charge is 2.28. The summed E-state index contributed by atoms with van der Waals surface area (Å²) in [5, 5.41) is 4.48. The fourth-order valence-electron chi connectivity index (χ4n) is 3.35. The van der Waals surface area contributed by atoms with Crippen molar-refractivity contribution in [3.05, 3.63) is 86.8 Å². The van der Waals surface area contributed by atoms with Gasteiger partial charge >= 0.3 is 0 Å². The van der Waals surface area contributed by atoms with Gasteiger partial charge in [-0.05, 0) is 83.4 Å². The SMILES string of the molecule is Cc1ccc(S(=O)(=O)N(CC(=O)N/N=C\c2ccc(N(C)C)c(Br)c2)c2ccc(Cl)cc2C)cc1. The average Bonchev–Trinajstić information content (AvgIpc) is 2.78. The Morgan fingerprint density at radius 3 is 2.29 bits per heavy atom. The zero-order valence-corrected chi connectivity index (χ0v) is 22.9. The van der Waals surface area contributed by atoms with E-state index in [-0.39, 0.29) is 4.90 Å². The number of aryl methyl sites for hydroxylation is 2. The van der Waals surface area contributed by atoms with Gasteiger partial charge < -0.3 is 4.90 Å². The molecule has 0 aliphatic heterocycles. The standard InChI is InChI=1S/C25H26BrClN4O3S/c1-17-5-9-21(10-6-17)35(33,34)31(23-12-8-20(27)13-18(23)2)16-25(32)29-28-15-19-7-11-24(30(3)4)22(26)14-19/h5-15H,16H2,1-4H3,(H,29,32)/b28-15-. The Bertz CT molecular complexity index is 1360. The molecule has 0 atom stereocenters. The van der Waals surface area contributed by atoms with Gasteiger partial charge in [-0.3, -0.25) is 9.10 Å². The highest BCUT2D eigenvalue weighted by molar-refractivity contribution is 9.10. The highest BCUT2D eigenvalue weighted by atomic mass is 79.9. The number of hydrogen-bond acceptors (Lipinski definition) is 5. The number of amides is 1. The van der Waals surface area contributed by atoms with E-state index in [2.05, 4.69) is 26.5 Å². The summed E-state index contributed by atoms with van der Waals surface area (Å²) in [6.45, 7) is 3.15. The Labute approximate surface area is 219 Å². The van der Waals surface area contributed by atoms with Gasteiger partial charge in [-0.15, -0.1) is 0 Å². The molecule has 0 bridgehead atoms. The van der Waals surface area contributed by atoms with Crippen LogP contribution in [0.4, 0.5) is 11.4 Å². The van der Waals surface area contributed by atoms with Gasteiger partial charge in [0.2, 0.25) is 0 Å². The minimum atomic E-state index is -4.03. The lowest BCUT2D eigenvalue weighted by Gasteiger charge is -2.25. The topological polar surface area (TPSA) is 82.1 Å². The van der Waals surface area contributed by atoms with Crippen LogP contribution in [0.3, 0.4) is 0 Å². The average molecular weight is 578 g/mol. The predicted octanol–water partition coefficient (Wildman–Crippen LogP) is 5.13. The molecule has 0 aliphatic carbocycles. The molecule has 0 aliphatic rings. The minimum Gasteiger partial charge on any atom is -0.377 e. The van der Waals surface area contributed by atoms with Crippen LogP contribution in [0.15, 0.2) is 75.1 Å². The van der Waals surface area contributed by atoms with Gasteiger partial charge in [0.1, 0.15) is 6.54 Å². The summed E-state index contributed by atoms with van der Waals surface area (Å²) >= 11 is 9.58. The van der Waals surface area contributed by atoms with Gasteiger partial charge in [-0.25, -0.2) is 13.8 Å². The summed E-state index contributed by atoms with van der Waals surface area (Å²) in [5.74, 6) is -0.588. The molecule has 3 aromatic carbocycles. The first-order chi connectivity index (χ1) is 16.5. The molecule has 10 heteroatoms. The van der Waals surface area contributed by atoms with Gasteiger partial charge in [0.15, 0.2) is 0 Å². The Hall–Kier alpha value is -2.88. The fraction of sp³-hybridized carbons (Fsp3) is 0.200. The second kappa shape index (κ2) is 11.2. The van der Waals surface area contributed by atoms with Crippen molar-refractivity contribution in [1.29, 1.82) is 0 Å². The van der Waals surface area contributed by atoms with E-state index in [0.717, 1.165) is 25.6 Å². The number of nitrogens with one attached hydrogen (secondary N) is 1. The maximum absolute atomic E-state index is 13.5. The number of benzene rings is 3. The first kappa shape index (κ1) is 26.7. The summed E-state index contributed by atoms with van der Waals surface area (Å²) in [7, 11) is -0.156. The number of carbonyl (C=O) groups is 1. The van der Waals surface area contributed by atoms with E-state index < -0.39 is 22.5 Å². The molecule has 3 aromatic rings. The highest BCUT2D eigenvalue weighted by Crippen LogP contribution is 2.29. The molecule has 3 rings (SSSR count). The molecule has 0 heterocycles. The van der Waals surface area contributed by atoms with Crippen molar-refractivity contribution in [2.75, 3.05) is 29.8 Å². The number of hydrogen-bond donors (Lipinski definition) is 1. The van der Waals surface area contributed by atoms with Crippen molar-refractivity contribution in [3.63, 3.8) is 0 Å². The number of sulfonamides is 1. The van der Waals surface area contributed by atoms with Gasteiger partial charge in [-0.1, -0.05) is 35.4 Å². The van der Waals surface area contributed by atoms with E-state index >= 15 is 0 Å². The van der Waals surface area contributed by atoms with Crippen molar-refractivity contribution in [2.24, 2.45) is 5.10 Å². The molecule has 0 saturated carbocycles. The molecule has 0 spiro atoms. The number of carbonyl (C=O) groups excluding carboxylic acids is 1. The van der Waals surface area contributed by atoms with E-state index in [1.807, 2.05) is 44.1 Å². The van der Waals surface area contributed by atoms with E-state index in [9.17, 15) is 13.2 Å². The van der Waals surface area contributed by atoms with Crippen molar-refractivity contribution in [1.82, 2.24) is 5.43 Å². The maximum Gasteiger partial charge on any atom is 0.264 e. The van der Waals surface area contributed by atoms with Crippen LogP contribution in [0.2, 0.25) is 5.02 Å². The predicted molar refractivity (Wildman–Crippen MR) is 146 cm³/mol. The Morgan fingerprint density at radius 2 is 1.69 bits per heavy atom. The molecular formula is C25H26BrClN4O3S. The van der Waals surface area contributed by atoms with Crippen LogP contribution in [-0.4, -0.2) is 41.2 Å². The fourth-order valence-corrected chi connectivity index (χ4v) is 5.81. The molecule has 1 N–H and O–H groups in total. The summed E-state index contributed by atoms with van der Waals surface area (Å²) in [6, 6.07) is 17.0. The number of halogens is 2. The van der Waals surface area contributed by atoms with Gasteiger partial charge in [0.25, 0.3) is 15.9 Å². The van der Waals surface area contributed by atoms with Crippen LogP contribution in [0.1, 0.15) is 16.7 Å². The summed E-state index contributed by atoms with van der Waals surface area (Å²) in [4.78, 5) is 14.8. The quantitative estimate of drug-likeness (QED) is 0.297. The van der Waals surface area contributed by atoms with Crippen LogP contribution in [0.5, 0.6) is 0 Å². The Morgan fingerprint density at radius 1 is 1.03 bits per heavy atom. The molecule has 1 amide bonds. The van der Waals surface area contributed by atoms with Crippen LogP contribution >= 0.6 is 27.5 Å². The van der Waals surface area contributed by atoms with Crippen LogP contribution in [-0.2, 0) is 14.8 Å². The van der Waals surface area contributed by atoms with Gasteiger partial charge in [0, 0.05) is 23.6 Å². The smallest absolute Gasteiger partial charge is 0.264 e. The lowest BCUT2D eigenvalue weighted by Crippen LogP contribution is -2.40. The second-order valence-electron chi connectivity index (χ2n) is 8.15. The first-order valence-electron chi connectivity index (χ1n) is 10.6. The molecule has 0 aromatic heterocycles.